The van der Waals surface area contributed by atoms with Crippen molar-refractivity contribution >= 4 is 5.97 Å². The van der Waals surface area contributed by atoms with E-state index in [0.29, 0.717) is 0 Å². The second kappa shape index (κ2) is 6.06. The van der Waals surface area contributed by atoms with Gasteiger partial charge in [-0.3, -0.25) is 4.79 Å². The Balaban J connectivity index is 3.24. The highest BCUT2D eigenvalue weighted by molar-refractivity contribution is 5.77. The van der Waals surface area contributed by atoms with Gasteiger partial charge in [0.05, 0.1) is 19.6 Å². The minimum Gasteiger partial charge on any atom is -0.497 e. The molecule has 106 valence electrons. The van der Waals surface area contributed by atoms with Crippen LogP contribution >= 0.6 is 0 Å². The molecule has 4 nitrogen and oxygen atoms in total. The Bertz CT molecular complexity index is 441. The summed E-state index contributed by atoms with van der Waals surface area (Å²) in [4.78, 5) is 14.0. The van der Waals surface area contributed by atoms with E-state index in [2.05, 4.69) is 0 Å². The first-order valence-corrected chi connectivity index (χ1v) is 6.23. The van der Waals surface area contributed by atoms with Crippen molar-refractivity contribution in [3.63, 3.8) is 0 Å². The summed E-state index contributed by atoms with van der Waals surface area (Å²) in [6.45, 7) is 3.78. The molecule has 0 bridgehead atoms. The molecule has 0 spiro atoms. The number of ether oxygens (including phenoxy) is 2. The van der Waals surface area contributed by atoms with Crippen molar-refractivity contribution in [2.45, 2.75) is 19.9 Å². The molecule has 1 aromatic carbocycles. The summed E-state index contributed by atoms with van der Waals surface area (Å²) in [5.74, 6) is 0.555. The Morgan fingerprint density at radius 1 is 1.26 bits per heavy atom. The summed E-state index contributed by atoms with van der Waals surface area (Å²) in [6, 6.07) is 7.68. The van der Waals surface area contributed by atoms with Crippen LogP contribution in [-0.4, -0.2) is 39.2 Å². The van der Waals surface area contributed by atoms with Gasteiger partial charge < -0.3 is 14.4 Å². The van der Waals surface area contributed by atoms with E-state index in [1.165, 1.54) is 7.11 Å². The second-order valence-corrected chi connectivity index (χ2v) is 5.36. The molecular formula is C15H23NO3. The van der Waals surface area contributed by atoms with E-state index in [4.69, 9.17) is 9.47 Å². The topological polar surface area (TPSA) is 38.8 Å². The van der Waals surface area contributed by atoms with Crippen LogP contribution in [0.2, 0.25) is 0 Å². The van der Waals surface area contributed by atoms with E-state index in [-0.39, 0.29) is 12.0 Å². The fraction of sp³-hybridized carbons (Fsp3) is 0.533. The average Bonchev–Trinajstić information content (AvgIpc) is 2.37. The zero-order valence-corrected chi connectivity index (χ0v) is 12.6. The molecule has 0 aliphatic carbocycles. The maximum absolute atomic E-state index is 12.0. The van der Waals surface area contributed by atoms with Crippen LogP contribution in [0.5, 0.6) is 5.75 Å². The lowest BCUT2D eigenvalue weighted by Crippen LogP contribution is -2.40. The van der Waals surface area contributed by atoms with Crippen LogP contribution in [0, 0.1) is 5.41 Å². The van der Waals surface area contributed by atoms with Gasteiger partial charge in [-0.2, -0.15) is 0 Å². The van der Waals surface area contributed by atoms with Gasteiger partial charge in [0.25, 0.3) is 0 Å². The quantitative estimate of drug-likeness (QED) is 0.767. The van der Waals surface area contributed by atoms with Crippen LogP contribution < -0.4 is 4.74 Å². The lowest BCUT2D eigenvalue weighted by atomic mass is 9.79. The Morgan fingerprint density at radius 3 is 2.37 bits per heavy atom. The van der Waals surface area contributed by atoms with E-state index < -0.39 is 5.41 Å². The molecule has 0 heterocycles. The SMILES string of the molecule is COC(=O)C(C)(C)C(c1cccc(OC)c1)N(C)C. The average molecular weight is 265 g/mol. The lowest BCUT2D eigenvalue weighted by Gasteiger charge is -2.36. The van der Waals surface area contributed by atoms with Crippen molar-refractivity contribution in [3.05, 3.63) is 29.8 Å². The van der Waals surface area contributed by atoms with Crippen molar-refractivity contribution < 1.29 is 14.3 Å². The molecule has 1 aromatic rings. The van der Waals surface area contributed by atoms with Crippen LogP contribution in [0.4, 0.5) is 0 Å². The van der Waals surface area contributed by atoms with E-state index in [9.17, 15) is 4.79 Å². The molecule has 0 aliphatic heterocycles. The van der Waals surface area contributed by atoms with Gasteiger partial charge in [-0.05, 0) is 45.6 Å². The van der Waals surface area contributed by atoms with Crippen molar-refractivity contribution in [2.24, 2.45) is 5.41 Å². The number of nitrogens with zero attached hydrogens (tertiary/aromatic N) is 1. The van der Waals surface area contributed by atoms with Crippen molar-refractivity contribution in [1.82, 2.24) is 4.90 Å². The molecule has 0 amide bonds. The van der Waals surface area contributed by atoms with Gasteiger partial charge in [0, 0.05) is 6.04 Å². The molecule has 0 aliphatic rings. The molecule has 0 saturated heterocycles. The van der Waals surface area contributed by atoms with Crippen molar-refractivity contribution in [3.8, 4) is 5.75 Å². The molecule has 0 radical (unpaired) electrons. The predicted molar refractivity (Wildman–Crippen MR) is 75.2 cm³/mol. The van der Waals surface area contributed by atoms with Gasteiger partial charge in [0.2, 0.25) is 0 Å². The van der Waals surface area contributed by atoms with Crippen LogP contribution in [0.15, 0.2) is 24.3 Å². The molecule has 0 aromatic heterocycles. The van der Waals surface area contributed by atoms with E-state index >= 15 is 0 Å². The van der Waals surface area contributed by atoms with Gasteiger partial charge in [-0.1, -0.05) is 12.1 Å². The normalized spacial score (nSPS) is 13.2. The third-order valence-corrected chi connectivity index (χ3v) is 3.32. The predicted octanol–water partition coefficient (Wildman–Crippen LogP) is 2.50. The highest BCUT2D eigenvalue weighted by atomic mass is 16.5. The molecule has 0 N–H and O–H groups in total. The van der Waals surface area contributed by atoms with Crippen molar-refractivity contribution in [2.75, 3.05) is 28.3 Å². The fourth-order valence-electron chi connectivity index (χ4n) is 2.55. The largest absolute Gasteiger partial charge is 0.497 e. The first-order chi connectivity index (χ1) is 8.84. The Morgan fingerprint density at radius 2 is 1.89 bits per heavy atom. The van der Waals surface area contributed by atoms with E-state index in [1.807, 2.05) is 57.1 Å². The molecule has 0 fully saturated rings. The van der Waals surface area contributed by atoms with Crippen LogP contribution in [0.25, 0.3) is 0 Å². The lowest BCUT2D eigenvalue weighted by molar-refractivity contribution is -0.154. The first-order valence-electron chi connectivity index (χ1n) is 6.23. The van der Waals surface area contributed by atoms with Gasteiger partial charge in [0.15, 0.2) is 0 Å². The summed E-state index contributed by atoms with van der Waals surface area (Å²) >= 11 is 0. The molecule has 1 rings (SSSR count). The van der Waals surface area contributed by atoms with E-state index in [1.54, 1.807) is 7.11 Å². The summed E-state index contributed by atoms with van der Waals surface area (Å²) in [5, 5.41) is 0. The summed E-state index contributed by atoms with van der Waals surface area (Å²) in [5.41, 5.74) is 0.379. The zero-order chi connectivity index (χ0) is 14.6. The number of hydrogen-bond acceptors (Lipinski definition) is 4. The third-order valence-electron chi connectivity index (χ3n) is 3.32. The Kier molecular flexibility index (Phi) is 4.95. The van der Waals surface area contributed by atoms with Gasteiger partial charge in [0.1, 0.15) is 5.75 Å². The third kappa shape index (κ3) is 3.26. The summed E-state index contributed by atoms with van der Waals surface area (Å²) < 4.78 is 10.2. The number of carbonyl (C=O) groups is 1. The minimum absolute atomic E-state index is 0.0879. The molecular weight excluding hydrogens is 242 g/mol. The molecule has 1 atom stereocenters. The maximum Gasteiger partial charge on any atom is 0.313 e. The molecule has 0 saturated carbocycles. The molecule has 19 heavy (non-hydrogen) atoms. The Hall–Kier alpha value is -1.55. The van der Waals surface area contributed by atoms with Gasteiger partial charge in [-0.25, -0.2) is 0 Å². The van der Waals surface area contributed by atoms with Crippen LogP contribution in [-0.2, 0) is 9.53 Å². The van der Waals surface area contributed by atoms with Gasteiger partial charge in [-0.15, -0.1) is 0 Å². The van der Waals surface area contributed by atoms with E-state index in [0.717, 1.165) is 11.3 Å². The maximum atomic E-state index is 12.0. The fourth-order valence-corrected chi connectivity index (χ4v) is 2.55. The standard InChI is InChI=1S/C15H23NO3/c1-15(2,14(17)19-6)13(16(3)4)11-8-7-9-12(10-11)18-5/h7-10,13H,1-6H3. The highest BCUT2D eigenvalue weighted by Gasteiger charge is 2.40. The second-order valence-electron chi connectivity index (χ2n) is 5.36. The number of esters is 1. The van der Waals surface area contributed by atoms with Crippen LogP contribution in [0.1, 0.15) is 25.5 Å². The smallest absolute Gasteiger partial charge is 0.313 e. The zero-order valence-electron chi connectivity index (χ0n) is 12.6. The summed E-state index contributed by atoms with van der Waals surface area (Å²) in [7, 11) is 6.96. The summed E-state index contributed by atoms with van der Waals surface area (Å²) in [6.07, 6.45) is 0. The minimum atomic E-state index is -0.648. The first kappa shape index (κ1) is 15.5. The van der Waals surface area contributed by atoms with Crippen LogP contribution in [0.3, 0.4) is 0 Å². The number of hydrogen-bond donors (Lipinski definition) is 0. The highest BCUT2D eigenvalue weighted by Crippen LogP contribution is 2.38. The number of benzene rings is 1. The number of methoxy groups -OCH3 is 2. The number of carbonyl (C=O) groups excluding carboxylic acids is 1. The van der Waals surface area contributed by atoms with Crippen molar-refractivity contribution in [1.29, 1.82) is 0 Å². The number of rotatable bonds is 5. The molecule has 4 heteroatoms. The monoisotopic (exact) mass is 265 g/mol. The molecule has 1 unspecified atom stereocenters. The van der Waals surface area contributed by atoms with Gasteiger partial charge >= 0.3 is 5.97 Å². The Labute approximate surface area is 115 Å².